The van der Waals surface area contributed by atoms with Crippen molar-refractivity contribution in [3.63, 3.8) is 0 Å². The van der Waals surface area contributed by atoms with Crippen molar-refractivity contribution in [2.75, 3.05) is 11.9 Å². The second-order valence-electron chi connectivity index (χ2n) is 5.47. The van der Waals surface area contributed by atoms with Crippen LogP contribution in [-0.2, 0) is 4.79 Å². The van der Waals surface area contributed by atoms with E-state index in [1.807, 2.05) is 25.1 Å². The van der Waals surface area contributed by atoms with E-state index < -0.39 is 5.82 Å². The summed E-state index contributed by atoms with van der Waals surface area (Å²) in [4.78, 5) is 15.7. The summed E-state index contributed by atoms with van der Waals surface area (Å²) < 4.78 is 18.5. The molecule has 2 rings (SSSR count). The highest BCUT2D eigenvalue weighted by Crippen LogP contribution is 2.27. The first-order valence-electron chi connectivity index (χ1n) is 7.21. The maximum absolute atomic E-state index is 13.3. The van der Waals surface area contributed by atoms with Gasteiger partial charge < -0.3 is 10.1 Å². The van der Waals surface area contributed by atoms with E-state index >= 15 is 0 Å². The number of pyridine rings is 1. The highest BCUT2D eigenvalue weighted by Gasteiger charge is 2.13. The molecule has 122 valence electrons. The smallest absolute Gasteiger partial charge is 0.262 e. The third-order valence-electron chi connectivity index (χ3n) is 3.33. The minimum absolute atomic E-state index is 0.149. The van der Waals surface area contributed by atoms with Crippen LogP contribution >= 0.6 is 11.6 Å². The van der Waals surface area contributed by atoms with Crippen LogP contribution in [0.2, 0.25) is 5.15 Å². The van der Waals surface area contributed by atoms with E-state index in [1.54, 1.807) is 0 Å². The molecule has 0 unspecified atom stereocenters. The second-order valence-corrected chi connectivity index (χ2v) is 5.83. The molecule has 0 saturated carbocycles. The van der Waals surface area contributed by atoms with Gasteiger partial charge in [-0.1, -0.05) is 43.6 Å². The van der Waals surface area contributed by atoms with Crippen LogP contribution in [0, 0.1) is 12.7 Å². The van der Waals surface area contributed by atoms with Gasteiger partial charge in [0.1, 0.15) is 5.75 Å². The Morgan fingerprint density at radius 1 is 1.43 bits per heavy atom. The molecule has 1 N–H and O–H groups in total. The average molecular weight is 337 g/mol. The highest BCUT2D eigenvalue weighted by atomic mass is 35.5. The number of hydrogen-bond donors (Lipinski definition) is 1. The summed E-state index contributed by atoms with van der Waals surface area (Å²) in [6, 6.07) is 6.96. The summed E-state index contributed by atoms with van der Waals surface area (Å²) in [5.74, 6) is -0.585. The summed E-state index contributed by atoms with van der Waals surface area (Å²) >= 11 is 5.49. The Labute approximate surface area is 139 Å². The Morgan fingerprint density at radius 2 is 2.17 bits per heavy atom. The van der Waals surface area contributed by atoms with Gasteiger partial charge in [-0.2, -0.15) is 0 Å². The molecule has 0 saturated heterocycles. The van der Waals surface area contributed by atoms with Crippen molar-refractivity contribution in [2.24, 2.45) is 0 Å². The van der Waals surface area contributed by atoms with Crippen molar-refractivity contribution in [1.82, 2.24) is 4.98 Å². The topological polar surface area (TPSA) is 51.2 Å². The van der Waals surface area contributed by atoms with Crippen molar-refractivity contribution in [3.05, 3.63) is 52.6 Å². The first-order valence-corrected chi connectivity index (χ1v) is 7.59. The lowest BCUT2D eigenvalue weighted by Gasteiger charge is -2.16. The maximum atomic E-state index is 13.3. The zero-order valence-electron chi connectivity index (χ0n) is 13.2. The third kappa shape index (κ3) is 4.42. The summed E-state index contributed by atoms with van der Waals surface area (Å²) in [5, 5.41) is 2.62. The van der Waals surface area contributed by atoms with Gasteiger partial charge in [-0.3, -0.25) is 4.79 Å². The van der Waals surface area contributed by atoms with Crippen LogP contribution in [0.15, 0.2) is 30.5 Å². The number of nitrogens with zero attached hydrogens (tertiary/aromatic N) is 1. The zero-order chi connectivity index (χ0) is 17.0. The standard InChI is InChI=1S/C17H18ClFN2O2/c1-10(2)13-6-4-5-11(3)16(13)21-15(22)9-23-12-7-14(19)17(18)20-8-12/h4-8,10H,9H2,1-3H3,(H,21,22). The van der Waals surface area contributed by atoms with Crippen LogP contribution in [0.4, 0.5) is 10.1 Å². The fourth-order valence-corrected chi connectivity index (χ4v) is 2.25. The van der Waals surface area contributed by atoms with Crippen LogP contribution < -0.4 is 10.1 Å². The molecule has 4 nitrogen and oxygen atoms in total. The lowest BCUT2D eigenvalue weighted by Crippen LogP contribution is -2.21. The van der Waals surface area contributed by atoms with E-state index in [0.29, 0.717) is 0 Å². The van der Waals surface area contributed by atoms with E-state index in [2.05, 4.69) is 24.1 Å². The van der Waals surface area contributed by atoms with Gasteiger partial charge in [0.05, 0.1) is 6.20 Å². The van der Waals surface area contributed by atoms with Crippen molar-refractivity contribution >= 4 is 23.2 Å². The predicted molar refractivity (Wildman–Crippen MR) is 88.6 cm³/mol. The Morgan fingerprint density at radius 3 is 2.83 bits per heavy atom. The van der Waals surface area contributed by atoms with Crippen molar-refractivity contribution in [2.45, 2.75) is 26.7 Å². The molecule has 0 radical (unpaired) electrons. The fraction of sp³-hybridized carbons (Fsp3) is 0.294. The summed E-state index contributed by atoms with van der Waals surface area (Å²) in [5.41, 5.74) is 2.82. The van der Waals surface area contributed by atoms with Crippen LogP contribution in [0.5, 0.6) is 5.75 Å². The SMILES string of the molecule is Cc1cccc(C(C)C)c1NC(=O)COc1cnc(Cl)c(F)c1. The van der Waals surface area contributed by atoms with E-state index in [1.165, 1.54) is 6.20 Å². The number of anilines is 1. The fourth-order valence-electron chi connectivity index (χ4n) is 2.15. The van der Waals surface area contributed by atoms with E-state index in [9.17, 15) is 9.18 Å². The molecule has 0 bridgehead atoms. The monoisotopic (exact) mass is 336 g/mol. The van der Waals surface area contributed by atoms with Gasteiger partial charge in [-0.15, -0.1) is 0 Å². The summed E-state index contributed by atoms with van der Waals surface area (Å²) in [7, 11) is 0. The number of amides is 1. The van der Waals surface area contributed by atoms with E-state index in [0.717, 1.165) is 22.9 Å². The molecule has 0 aliphatic heterocycles. The molecule has 6 heteroatoms. The molecular formula is C17H18ClFN2O2. The number of ether oxygens (including phenoxy) is 1. The number of aromatic nitrogens is 1. The van der Waals surface area contributed by atoms with Crippen LogP contribution in [0.1, 0.15) is 30.9 Å². The number of carbonyl (C=O) groups is 1. The number of hydrogen-bond acceptors (Lipinski definition) is 3. The van der Waals surface area contributed by atoms with Crippen LogP contribution in [0.3, 0.4) is 0 Å². The number of carbonyl (C=O) groups excluding carboxylic acids is 1. The van der Waals surface area contributed by atoms with Crippen LogP contribution in [0.25, 0.3) is 0 Å². The molecule has 1 aromatic heterocycles. The van der Waals surface area contributed by atoms with Crippen molar-refractivity contribution in [1.29, 1.82) is 0 Å². The summed E-state index contributed by atoms with van der Waals surface area (Å²) in [6.45, 7) is 5.81. The van der Waals surface area contributed by atoms with Gasteiger partial charge >= 0.3 is 0 Å². The van der Waals surface area contributed by atoms with Crippen molar-refractivity contribution in [3.8, 4) is 5.75 Å². The number of aryl methyl sites for hydroxylation is 1. The van der Waals surface area contributed by atoms with Gasteiger partial charge in [0.25, 0.3) is 5.91 Å². The van der Waals surface area contributed by atoms with Gasteiger partial charge in [0, 0.05) is 11.8 Å². The molecule has 23 heavy (non-hydrogen) atoms. The Kier molecular flexibility index (Phi) is 5.55. The Balaban J connectivity index is 2.04. The van der Waals surface area contributed by atoms with Crippen LogP contribution in [-0.4, -0.2) is 17.5 Å². The minimum atomic E-state index is -0.689. The van der Waals surface area contributed by atoms with Gasteiger partial charge in [-0.05, 0) is 24.0 Å². The average Bonchev–Trinajstić information content (AvgIpc) is 2.50. The zero-order valence-corrected chi connectivity index (χ0v) is 13.9. The number of para-hydroxylation sites is 1. The quantitative estimate of drug-likeness (QED) is 0.827. The van der Waals surface area contributed by atoms with E-state index in [-0.39, 0.29) is 29.3 Å². The first kappa shape index (κ1) is 17.2. The van der Waals surface area contributed by atoms with Gasteiger partial charge in [0.15, 0.2) is 17.6 Å². The minimum Gasteiger partial charge on any atom is -0.482 e. The summed E-state index contributed by atoms with van der Waals surface area (Å²) in [6.07, 6.45) is 1.27. The maximum Gasteiger partial charge on any atom is 0.262 e. The largest absolute Gasteiger partial charge is 0.482 e. The second kappa shape index (κ2) is 7.42. The van der Waals surface area contributed by atoms with Gasteiger partial charge in [0.2, 0.25) is 0 Å². The van der Waals surface area contributed by atoms with Gasteiger partial charge in [-0.25, -0.2) is 9.37 Å². The molecule has 1 amide bonds. The lowest BCUT2D eigenvalue weighted by atomic mass is 9.98. The molecular weight excluding hydrogens is 319 g/mol. The Bertz CT molecular complexity index is 720. The molecule has 0 fully saturated rings. The highest BCUT2D eigenvalue weighted by molar-refractivity contribution is 6.29. The molecule has 0 aliphatic rings. The van der Waals surface area contributed by atoms with E-state index in [4.69, 9.17) is 16.3 Å². The molecule has 1 aromatic carbocycles. The molecule has 2 aromatic rings. The number of benzene rings is 1. The predicted octanol–water partition coefficient (Wildman–Crippen LogP) is 4.32. The molecule has 0 aliphatic carbocycles. The Hall–Kier alpha value is -2.14. The number of halogens is 2. The first-order chi connectivity index (χ1) is 10.9. The normalized spacial score (nSPS) is 10.7. The lowest BCUT2D eigenvalue weighted by molar-refractivity contribution is -0.118. The number of nitrogens with one attached hydrogen (secondary N) is 1. The molecule has 1 heterocycles. The molecule has 0 atom stereocenters. The number of rotatable bonds is 5. The third-order valence-corrected chi connectivity index (χ3v) is 3.61. The van der Waals surface area contributed by atoms with Crippen molar-refractivity contribution < 1.29 is 13.9 Å². The molecule has 0 spiro atoms.